The fraction of sp³-hybridized carbons (Fsp3) is 0.333. The van der Waals surface area contributed by atoms with Gasteiger partial charge in [-0.15, -0.1) is 0 Å². The summed E-state index contributed by atoms with van der Waals surface area (Å²) in [6.45, 7) is 7.32. The maximum atomic E-state index is 12.4. The van der Waals surface area contributed by atoms with Crippen LogP contribution in [-0.4, -0.2) is 29.1 Å². The summed E-state index contributed by atoms with van der Waals surface area (Å²) >= 11 is 0. The van der Waals surface area contributed by atoms with Crippen molar-refractivity contribution in [3.63, 3.8) is 0 Å². The molecule has 2 amide bonds. The summed E-state index contributed by atoms with van der Waals surface area (Å²) in [7, 11) is 0. The third-order valence-electron chi connectivity index (χ3n) is 3.93. The minimum Gasteiger partial charge on any atom is -0.394 e. The first-order valence-electron chi connectivity index (χ1n) is 8.59. The number of carbonyl (C=O) groups excluding carboxylic acids is 2. The highest BCUT2D eigenvalue weighted by molar-refractivity contribution is 6.04. The van der Waals surface area contributed by atoms with Crippen LogP contribution >= 0.6 is 0 Å². The molecule has 0 saturated heterocycles. The Morgan fingerprint density at radius 1 is 1.00 bits per heavy atom. The maximum absolute atomic E-state index is 12.4. The first-order valence-corrected chi connectivity index (χ1v) is 8.59. The SMILES string of the molecule is Cc1cc(C)cc(C(=O)Nc2ccc(CC(=O)NC(C)(C)CO)cc2)c1. The van der Waals surface area contributed by atoms with Crippen molar-refractivity contribution in [3.05, 3.63) is 64.7 Å². The van der Waals surface area contributed by atoms with Crippen LogP contribution in [0.25, 0.3) is 0 Å². The number of hydrogen-bond donors (Lipinski definition) is 3. The summed E-state index contributed by atoms with van der Waals surface area (Å²) in [4.78, 5) is 24.4. The van der Waals surface area contributed by atoms with Crippen molar-refractivity contribution >= 4 is 17.5 Å². The van der Waals surface area contributed by atoms with Crippen molar-refractivity contribution in [2.24, 2.45) is 0 Å². The number of benzene rings is 2. The normalized spacial score (nSPS) is 11.1. The molecule has 5 heteroatoms. The van der Waals surface area contributed by atoms with Gasteiger partial charge < -0.3 is 15.7 Å². The van der Waals surface area contributed by atoms with Crippen LogP contribution in [0.4, 0.5) is 5.69 Å². The Hall–Kier alpha value is -2.66. The molecule has 26 heavy (non-hydrogen) atoms. The van der Waals surface area contributed by atoms with Gasteiger partial charge in [0.05, 0.1) is 18.6 Å². The van der Waals surface area contributed by atoms with E-state index in [-0.39, 0.29) is 24.8 Å². The first-order chi connectivity index (χ1) is 12.2. The van der Waals surface area contributed by atoms with Gasteiger partial charge in [0, 0.05) is 11.3 Å². The predicted molar refractivity (Wildman–Crippen MR) is 103 cm³/mol. The lowest BCUT2D eigenvalue weighted by Crippen LogP contribution is -2.46. The topological polar surface area (TPSA) is 78.4 Å². The Kier molecular flexibility index (Phi) is 6.16. The molecule has 0 unspecified atom stereocenters. The number of carbonyl (C=O) groups is 2. The zero-order valence-corrected chi connectivity index (χ0v) is 15.7. The zero-order chi connectivity index (χ0) is 19.3. The quantitative estimate of drug-likeness (QED) is 0.746. The molecule has 5 nitrogen and oxygen atoms in total. The monoisotopic (exact) mass is 354 g/mol. The largest absolute Gasteiger partial charge is 0.394 e. The molecule has 0 bridgehead atoms. The van der Waals surface area contributed by atoms with E-state index < -0.39 is 5.54 Å². The van der Waals surface area contributed by atoms with E-state index in [0.29, 0.717) is 11.3 Å². The van der Waals surface area contributed by atoms with Gasteiger partial charge >= 0.3 is 0 Å². The van der Waals surface area contributed by atoms with Gasteiger partial charge in [0.1, 0.15) is 0 Å². The van der Waals surface area contributed by atoms with Crippen LogP contribution in [0.15, 0.2) is 42.5 Å². The Labute approximate surface area is 154 Å². The molecule has 2 aromatic rings. The fourth-order valence-electron chi connectivity index (χ4n) is 2.66. The Morgan fingerprint density at radius 2 is 1.58 bits per heavy atom. The molecule has 0 aliphatic rings. The third kappa shape index (κ3) is 5.70. The molecule has 2 rings (SSSR count). The van der Waals surface area contributed by atoms with Crippen molar-refractivity contribution in [2.45, 2.75) is 39.7 Å². The Morgan fingerprint density at radius 3 is 2.12 bits per heavy atom. The predicted octanol–water partition coefficient (Wildman–Crippen LogP) is 2.99. The van der Waals surface area contributed by atoms with Crippen molar-refractivity contribution < 1.29 is 14.7 Å². The number of nitrogens with one attached hydrogen (secondary N) is 2. The Bertz CT molecular complexity index is 775. The molecule has 0 heterocycles. The van der Waals surface area contributed by atoms with E-state index in [9.17, 15) is 14.7 Å². The number of aryl methyl sites for hydroxylation is 2. The third-order valence-corrected chi connectivity index (χ3v) is 3.93. The molecule has 0 spiro atoms. The van der Waals surface area contributed by atoms with Gasteiger partial charge in [-0.3, -0.25) is 9.59 Å². The van der Waals surface area contributed by atoms with Crippen LogP contribution in [0.5, 0.6) is 0 Å². The molecule has 0 aliphatic carbocycles. The molecular weight excluding hydrogens is 328 g/mol. The lowest BCUT2D eigenvalue weighted by atomic mass is 10.1. The van der Waals surface area contributed by atoms with Crippen LogP contribution in [0.1, 0.15) is 40.9 Å². The molecule has 0 radical (unpaired) electrons. The van der Waals surface area contributed by atoms with Crippen LogP contribution in [0.3, 0.4) is 0 Å². The van der Waals surface area contributed by atoms with Gasteiger partial charge in [0.2, 0.25) is 5.91 Å². The first kappa shape index (κ1) is 19.7. The Balaban J connectivity index is 1.99. The number of aliphatic hydroxyl groups excluding tert-OH is 1. The highest BCUT2D eigenvalue weighted by Crippen LogP contribution is 2.14. The van der Waals surface area contributed by atoms with E-state index in [1.165, 1.54) is 0 Å². The minimum atomic E-state index is -0.642. The van der Waals surface area contributed by atoms with Crippen LogP contribution in [-0.2, 0) is 11.2 Å². The molecule has 0 atom stereocenters. The van der Waals surface area contributed by atoms with Crippen LogP contribution < -0.4 is 10.6 Å². The van der Waals surface area contributed by atoms with E-state index in [4.69, 9.17) is 0 Å². The van der Waals surface area contributed by atoms with Gasteiger partial charge in [-0.25, -0.2) is 0 Å². The summed E-state index contributed by atoms with van der Waals surface area (Å²) in [5.74, 6) is -0.317. The molecule has 2 aromatic carbocycles. The van der Waals surface area contributed by atoms with E-state index in [2.05, 4.69) is 10.6 Å². The van der Waals surface area contributed by atoms with E-state index in [1.807, 2.05) is 44.2 Å². The molecular formula is C21H26N2O3. The molecule has 138 valence electrons. The van der Waals surface area contributed by atoms with Gasteiger partial charge in [0.25, 0.3) is 5.91 Å². The summed E-state index contributed by atoms with van der Waals surface area (Å²) in [5, 5.41) is 14.8. The average Bonchev–Trinajstić information content (AvgIpc) is 2.55. The summed E-state index contributed by atoms with van der Waals surface area (Å²) in [6, 6.07) is 12.9. The van der Waals surface area contributed by atoms with Crippen molar-refractivity contribution in [1.82, 2.24) is 5.32 Å². The second-order valence-corrected chi connectivity index (χ2v) is 7.29. The lowest BCUT2D eigenvalue weighted by molar-refractivity contribution is -0.122. The average molecular weight is 354 g/mol. The van der Waals surface area contributed by atoms with Gasteiger partial charge in [-0.05, 0) is 57.5 Å². The van der Waals surface area contributed by atoms with E-state index >= 15 is 0 Å². The van der Waals surface area contributed by atoms with Crippen molar-refractivity contribution in [3.8, 4) is 0 Å². The van der Waals surface area contributed by atoms with Crippen molar-refractivity contribution in [2.75, 3.05) is 11.9 Å². The summed E-state index contributed by atoms with van der Waals surface area (Å²) in [5.41, 5.74) is 3.58. The molecule has 0 fully saturated rings. The molecule has 0 aromatic heterocycles. The zero-order valence-electron chi connectivity index (χ0n) is 15.7. The van der Waals surface area contributed by atoms with Crippen LogP contribution in [0, 0.1) is 13.8 Å². The van der Waals surface area contributed by atoms with Gasteiger partial charge in [-0.1, -0.05) is 29.3 Å². The highest BCUT2D eigenvalue weighted by atomic mass is 16.3. The van der Waals surface area contributed by atoms with Crippen molar-refractivity contribution in [1.29, 1.82) is 0 Å². The number of amides is 2. The number of anilines is 1. The van der Waals surface area contributed by atoms with E-state index in [0.717, 1.165) is 16.7 Å². The van der Waals surface area contributed by atoms with Gasteiger partial charge in [0.15, 0.2) is 0 Å². The molecule has 3 N–H and O–H groups in total. The second-order valence-electron chi connectivity index (χ2n) is 7.29. The van der Waals surface area contributed by atoms with Crippen LogP contribution in [0.2, 0.25) is 0 Å². The number of rotatable bonds is 6. The summed E-state index contributed by atoms with van der Waals surface area (Å²) in [6.07, 6.45) is 0.217. The maximum Gasteiger partial charge on any atom is 0.255 e. The summed E-state index contributed by atoms with van der Waals surface area (Å²) < 4.78 is 0. The van der Waals surface area contributed by atoms with E-state index in [1.54, 1.807) is 26.0 Å². The number of hydrogen-bond acceptors (Lipinski definition) is 3. The second kappa shape index (κ2) is 8.15. The standard InChI is InChI=1S/C21H26N2O3/c1-14-9-15(2)11-17(10-14)20(26)22-18-7-5-16(6-8-18)12-19(25)23-21(3,4)13-24/h5-11,24H,12-13H2,1-4H3,(H,22,26)(H,23,25). The molecule has 0 saturated carbocycles. The van der Waals surface area contributed by atoms with Gasteiger partial charge in [-0.2, -0.15) is 0 Å². The fourth-order valence-corrected chi connectivity index (χ4v) is 2.66. The highest BCUT2D eigenvalue weighted by Gasteiger charge is 2.19. The molecule has 0 aliphatic heterocycles. The smallest absolute Gasteiger partial charge is 0.255 e. The number of aliphatic hydroxyl groups is 1. The minimum absolute atomic E-state index is 0.123. The lowest BCUT2D eigenvalue weighted by Gasteiger charge is -2.23.